The van der Waals surface area contributed by atoms with Crippen molar-refractivity contribution in [3.8, 4) is 17.6 Å². The van der Waals surface area contributed by atoms with E-state index in [1.54, 1.807) is 67.5 Å². The number of ether oxygens (including phenoxy) is 2. The summed E-state index contributed by atoms with van der Waals surface area (Å²) in [6, 6.07) is 15.3. The van der Waals surface area contributed by atoms with Gasteiger partial charge in [-0.3, -0.25) is 19.7 Å². The largest absolute Gasteiger partial charge is 0.492 e. The molecule has 2 aromatic heterocycles. The Kier molecular flexibility index (Phi) is 13.2. The number of amides is 1. The molecule has 3 heterocycles. The topological polar surface area (TPSA) is 234 Å². The number of nitrogens with zero attached hydrogens (tertiary/aromatic N) is 5. The molecule has 1 amide bonds. The van der Waals surface area contributed by atoms with Gasteiger partial charge in [0.2, 0.25) is 5.56 Å². The van der Waals surface area contributed by atoms with Crippen LogP contribution in [0.1, 0.15) is 36.6 Å². The summed E-state index contributed by atoms with van der Waals surface area (Å²) in [5, 5.41) is 13.6. The van der Waals surface area contributed by atoms with Gasteiger partial charge in [-0.25, -0.2) is 0 Å². The minimum Gasteiger partial charge on any atom is -0.492 e. The van der Waals surface area contributed by atoms with Crippen molar-refractivity contribution in [3.63, 3.8) is 0 Å². The van der Waals surface area contributed by atoms with E-state index in [2.05, 4.69) is 15.3 Å². The highest BCUT2D eigenvalue weighted by atomic mass is 35.5. The minimum atomic E-state index is -4.64. The summed E-state index contributed by atoms with van der Waals surface area (Å²) in [5.74, 6) is -3.39. The standard InChI is InChI=1S/C35H37ClN6O12S3/c1-6-50-30-19-27-25(31(22(20-37)21-39-27)40-23-11-9-12-24(17-23)51-34(36)26-13-7-8-15-38-26)18-29(30)42(54-57(5,48)49)35(43)33(53-56(4,46)47)32(52-55(3,44)45)28-14-10-16-41(28)2/h7-9,11-13,15,17-19,21,28,34H,6,10,14,16H2,1-5H3,(H,39,40)/b33-32+/t28-,34?/m1/s1. The molecule has 1 aliphatic rings. The van der Waals surface area contributed by atoms with Crippen LogP contribution in [0.15, 0.2) is 78.5 Å². The zero-order valence-electron chi connectivity index (χ0n) is 31.1. The molecule has 0 radical (unpaired) electrons. The molecule has 1 fully saturated rings. The number of halogens is 1. The number of hydrogen-bond donors (Lipinski definition) is 1. The fraction of sp³-hybridized carbons (Fsp3) is 0.314. The lowest BCUT2D eigenvalue weighted by Gasteiger charge is -2.27. The van der Waals surface area contributed by atoms with Crippen molar-refractivity contribution >= 4 is 75.8 Å². The van der Waals surface area contributed by atoms with E-state index >= 15 is 0 Å². The number of anilines is 3. The molecule has 2 aromatic carbocycles. The van der Waals surface area contributed by atoms with Gasteiger partial charge in [-0.05, 0) is 63.7 Å². The molecule has 4 aromatic rings. The Bertz CT molecular complexity index is 2570. The van der Waals surface area contributed by atoms with Crippen LogP contribution < -0.4 is 19.9 Å². The van der Waals surface area contributed by atoms with Crippen LogP contribution in [0.5, 0.6) is 11.5 Å². The second-order valence-corrected chi connectivity index (χ2v) is 17.7. The van der Waals surface area contributed by atoms with Crippen molar-refractivity contribution in [1.82, 2.24) is 14.9 Å². The number of hydrogen-bond acceptors (Lipinski definition) is 17. The molecule has 18 nitrogen and oxygen atoms in total. The monoisotopic (exact) mass is 864 g/mol. The molecule has 0 bridgehead atoms. The SMILES string of the molecule is CCOc1cc2ncc(C#N)c(Nc3cccc(OC(Cl)c4ccccn4)c3)c2cc1N(OS(C)(=O)=O)C(=O)/C(OS(C)(=O)=O)=C(\OS(C)(=O)=O)[C@H]1CCCN1C. The number of nitrogens with one attached hydrogen (secondary N) is 1. The Balaban J connectivity index is 1.71. The molecule has 1 unspecified atom stereocenters. The Morgan fingerprint density at radius 2 is 1.75 bits per heavy atom. The zero-order valence-corrected chi connectivity index (χ0v) is 34.3. The van der Waals surface area contributed by atoms with E-state index in [0.29, 0.717) is 48.9 Å². The average molecular weight is 865 g/mol. The molecule has 1 saturated heterocycles. The molecule has 5 rings (SSSR count). The van der Waals surface area contributed by atoms with Gasteiger partial charge >= 0.3 is 26.1 Å². The molecule has 1 aliphatic heterocycles. The highest BCUT2D eigenvalue weighted by Gasteiger charge is 2.40. The van der Waals surface area contributed by atoms with Gasteiger partial charge in [0.25, 0.3) is 15.9 Å². The highest BCUT2D eigenvalue weighted by molar-refractivity contribution is 7.86. The summed E-state index contributed by atoms with van der Waals surface area (Å²) in [7, 11) is -12.1. The van der Waals surface area contributed by atoms with Gasteiger partial charge in [0.1, 0.15) is 23.3 Å². The molecule has 0 saturated carbocycles. The average Bonchev–Trinajstić information content (AvgIpc) is 3.56. The van der Waals surface area contributed by atoms with E-state index in [9.17, 15) is 35.3 Å². The highest BCUT2D eigenvalue weighted by Crippen LogP contribution is 2.40. The lowest BCUT2D eigenvalue weighted by molar-refractivity contribution is -0.121. The maximum absolute atomic E-state index is 14.6. The van der Waals surface area contributed by atoms with Crippen LogP contribution in [-0.4, -0.2) is 91.0 Å². The number of rotatable bonds is 16. The molecule has 1 N–H and O–H groups in total. The van der Waals surface area contributed by atoms with E-state index in [1.165, 1.54) is 18.3 Å². The third-order valence-electron chi connectivity index (χ3n) is 7.96. The molecule has 304 valence electrons. The van der Waals surface area contributed by atoms with E-state index in [1.807, 2.05) is 6.07 Å². The number of nitriles is 1. The lowest BCUT2D eigenvalue weighted by Crippen LogP contribution is -2.39. The molecule has 0 aliphatic carbocycles. The van der Waals surface area contributed by atoms with Gasteiger partial charge in [0, 0.05) is 35.6 Å². The zero-order chi connectivity index (χ0) is 41.7. The number of aromatic nitrogens is 2. The molecule has 0 spiro atoms. The minimum absolute atomic E-state index is 0.00338. The summed E-state index contributed by atoms with van der Waals surface area (Å²) in [6.45, 7) is 1.96. The number of likely N-dealkylation sites (N-methyl/N-ethyl adjacent to an activating group) is 1. The van der Waals surface area contributed by atoms with Gasteiger partial charge in [-0.1, -0.05) is 23.7 Å². The van der Waals surface area contributed by atoms with Gasteiger partial charge in [-0.2, -0.15) is 35.6 Å². The summed E-state index contributed by atoms with van der Waals surface area (Å²) in [6.07, 6.45) is 5.44. The predicted molar refractivity (Wildman–Crippen MR) is 209 cm³/mol. The molecular weight excluding hydrogens is 828 g/mol. The number of hydroxylamine groups is 1. The van der Waals surface area contributed by atoms with Crippen molar-refractivity contribution in [2.45, 2.75) is 31.4 Å². The van der Waals surface area contributed by atoms with Crippen molar-refractivity contribution in [3.05, 3.63) is 89.8 Å². The van der Waals surface area contributed by atoms with Crippen LogP contribution in [0.25, 0.3) is 10.9 Å². The lowest BCUT2D eigenvalue weighted by atomic mass is 10.1. The van der Waals surface area contributed by atoms with Crippen LogP contribution in [0.3, 0.4) is 0 Å². The Labute approximate surface area is 334 Å². The molecular formula is C35H37ClN6O12S3. The van der Waals surface area contributed by atoms with Crippen LogP contribution >= 0.6 is 11.6 Å². The summed E-state index contributed by atoms with van der Waals surface area (Å²) < 4.78 is 103. The third kappa shape index (κ3) is 11.2. The number of alkyl halides is 1. The smallest absolute Gasteiger partial charge is 0.323 e. The second-order valence-electron chi connectivity index (χ2n) is 12.6. The maximum Gasteiger partial charge on any atom is 0.323 e. The van der Waals surface area contributed by atoms with Crippen molar-refractivity contribution < 1.29 is 52.2 Å². The normalized spacial score (nSPS) is 15.9. The van der Waals surface area contributed by atoms with Gasteiger partial charge in [-0.15, -0.1) is 4.28 Å². The molecule has 22 heteroatoms. The van der Waals surface area contributed by atoms with Crippen molar-refractivity contribution in [2.75, 3.05) is 49.3 Å². The Morgan fingerprint density at radius 3 is 2.35 bits per heavy atom. The van der Waals surface area contributed by atoms with Gasteiger partial charge in [0.15, 0.2) is 5.76 Å². The van der Waals surface area contributed by atoms with Crippen molar-refractivity contribution in [2.24, 2.45) is 0 Å². The van der Waals surface area contributed by atoms with Gasteiger partial charge in [0.05, 0.1) is 53.9 Å². The van der Waals surface area contributed by atoms with Crippen LogP contribution in [0.4, 0.5) is 17.1 Å². The number of likely N-dealkylation sites (tertiary alicyclic amines) is 1. The fourth-order valence-corrected chi connectivity index (χ4v) is 7.35. The van der Waals surface area contributed by atoms with Crippen molar-refractivity contribution in [1.29, 1.82) is 5.26 Å². The second kappa shape index (κ2) is 17.5. The summed E-state index contributed by atoms with van der Waals surface area (Å²) >= 11 is 6.45. The first-order valence-electron chi connectivity index (χ1n) is 16.8. The number of carbonyl (C=O) groups is 1. The van der Waals surface area contributed by atoms with Crippen LogP contribution in [0.2, 0.25) is 0 Å². The first kappa shape index (κ1) is 42.9. The van der Waals surface area contributed by atoms with Crippen LogP contribution in [-0.2, 0) is 47.8 Å². The van der Waals surface area contributed by atoms with E-state index < -0.39 is 65.1 Å². The first-order valence-corrected chi connectivity index (χ1v) is 22.7. The number of fused-ring (bicyclic) bond motifs is 1. The Hall–Kier alpha value is -5.24. The van der Waals surface area contributed by atoms with E-state index in [0.717, 1.165) is 0 Å². The number of pyridine rings is 2. The Morgan fingerprint density at radius 1 is 1.02 bits per heavy atom. The quantitative estimate of drug-likeness (QED) is 0.0539. The molecule has 2 atom stereocenters. The van der Waals surface area contributed by atoms with Gasteiger partial charge < -0.3 is 23.2 Å². The molecule has 57 heavy (non-hydrogen) atoms. The number of carbonyl (C=O) groups excluding carboxylic acids is 1. The maximum atomic E-state index is 14.6. The fourth-order valence-electron chi connectivity index (χ4n) is 5.73. The predicted octanol–water partition coefficient (Wildman–Crippen LogP) is 4.44. The summed E-state index contributed by atoms with van der Waals surface area (Å²) in [5.41, 5.74) is -0.210. The summed E-state index contributed by atoms with van der Waals surface area (Å²) in [4.78, 5) is 24.8. The third-order valence-corrected chi connectivity index (χ3v) is 9.65. The van der Waals surface area contributed by atoms with Crippen LogP contribution in [0, 0.1) is 11.3 Å². The first-order chi connectivity index (χ1) is 26.8. The number of benzene rings is 2. The van der Waals surface area contributed by atoms with E-state index in [-0.39, 0.29) is 46.0 Å². The van der Waals surface area contributed by atoms with E-state index in [4.69, 9.17) is 33.7 Å².